The Hall–Kier alpha value is -3.51. The molecule has 32 heavy (non-hydrogen) atoms. The van der Waals surface area contributed by atoms with Gasteiger partial charge in [-0.2, -0.15) is 5.10 Å². The summed E-state index contributed by atoms with van der Waals surface area (Å²) in [7, 11) is 0. The first-order valence-electron chi connectivity index (χ1n) is 11.2. The van der Waals surface area contributed by atoms with E-state index in [1.807, 2.05) is 36.4 Å². The molecule has 6 nitrogen and oxygen atoms in total. The summed E-state index contributed by atoms with van der Waals surface area (Å²) in [5.74, 6) is -0.0343. The van der Waals surface area contributed by atoms with Crippen molar-refractivity contribution in [3.8, 4) is 11.3 Å². The van der Waals surface area contributed by atoms with Crippen LogP contribution in [0.5, 0.6) is 0 Å². The summed E-state index contributed by atoms with van der Waals surface area (Å²) in [5, 5.41) is 11.7. The molecule has 4 aromatic rings. The molecule has 1 aliphatic rings. The van der Waals surface area contributed by atoms with Gasteiger partial charge in [0.1, 0.15) is 5.69 Å². The number of aromatic nitrogens is 3. The smallest absolute Gasteiger partial charge is 0.251 e. The second-order valence-corrected chi connectivity index (χ2v) is 8.46. The normalized spacial score (nSPS) is 17.8. The number of hydrogen-bond acceptors (Lipinski definition) is 4. The zero-order valence-electron chi connectivity index (χ0n) is 18.2. The predicted molar refractivity (Wildman–Crippen MR) is 126 cm³/mol. The van der Waals surface area contributed by atoms with Crippen LogP contribution in [0.25, 0.3) is 22.2 Å². The van der Waals surface area contributed by atoms with E-state index in [1.165, 1.54) is 5.56 Å². The lowest BCUT2D eigenvalue weighted by atomic mass is 10.00. The van der Waals surface area contributed by atoms with E-state index >= 15 is 0 Å². The Bertz CT molecular complexity index is 1200. The van der Waals surface area contributed by atoms with E-state index in [0.29, 0.717) is 11.6 Å². The van der Waals surface area contributed by atoms with Crippen molar-refractivity contribution in [3.05, 3.63) is 84.2 Å². The van der Waals surface area contributed by atoms with Crippen LogP contribution in [-0.2, 0) is 0 Å². The van der Waals surface area contributed by atoms with Crippen molar-refractivity contribution in [1.82, 2.24) is 25.4 Å². The van der Waals surface area contributed by atoms with Gasteiger partial charge in [0.15, 0.2) is 0 Å². The second-order valence-electron chi connectivity index (χ2n) is 8.46. The van der Waals surface area contributed by atoms with Crippen LogP contribution in [0.3, 0.4) is 0 Å². The molecule has 162 valence electrons. The summed E-state index contributed by atoms with van der Waals surface area (Å²) in [6, 6.07) is 20.6. The Balaban J connectivity index is 1.31. The van der Waals surface area contributed by atoms with Crippen LogP contribution in [0.15, 0.2) is 73.1 Å². The van der Waals surface area contributed by atoms with Crippen LogP contribution in [0.1, 0.15) is 41.7 Å². The molecule has 0 bridgehead atoms. The molecular formula is C26H27N5O. The first kappa shape index (κ1) is 20.4. The molecule has 1 amide bonds. The van der Waals surface area contributed by atoms with E-state index < -0.39 is 0 Å². The quantitative estimate of drug-likeness (QED) is 0.491. The molecule has 6 heteroatoms. The molecule has 1 unspecified atom stereocenters. The number of carbonyl (C=O) groups is 1. The van der Waals surface area contributed by atoms with Crippen LogP contribution in [-0.4, -0.2) is 45.1 Å². The van der Waals surface area contributed by atoms with Crippen molar-refractivity contribution in [2.45, 2.75) is 31.8 Å². The van der Waals surface area contributed by atoms with Crippen LogP contribution < -0.4 is 5.32 Å². The molecule has 0 aliphatic carbocycles. The Kier molecular flexibility index (Phi) is 5.69. The maximum Gasteiger partial charge on any atom is 0.251 e. The number of nitrogens with zero attached hydrogens (tertiary/aromatic N) is 3. The van der Waals surface area contributed by atoms with Gasteiger partial charge in [-0.05, 0) is 62.2 Å². The van der Waals surface area contributed by atoms with Crippen molar-refractivity contribution in [3.63, 3.8) is 0 Å². The molecule has 2 aromatic carbocycles. The number of likely N-dealkylation sites (tertiary alicyclic amines) is 1. The lowest BCUT2D eigenvalue weighted by Gasteiger charge is -2.37. The summed E-state index contributed by atoms with van der Waals surface area (Å²) >= 11 is 0. The lowest BCUT2D eigenvalue weighted by Crippen LogP contribution is -2.48. The highest BCUT2D eigenvalue weighted by Gasteiger charge is 2.25. The number of aromatic amines is 1. The van der Waals surface area contributed by atoms with Crippen molar-refractivity contribution < 1.29 is 4.79 Å². The summed E-state index contributed by atoms with van der Waals surface area (Å²) in [6.07, 6.45) is 5.57. The van der Waals surface area contributed by atoms with E-state index in [4.69, 9.17) is 0 Å². The number of piperidine rings is 1. The maximum atomic E-state index is 13.1. The highest BCUT2D eigenvalue weighted by atomic mass is 16.1. The van der Waals surface area contributed by atoms with Crippen LogP contribution in [0.2, 0.25) is 0 Å². The van der Waals surface area contributed by atoms with Gasteiger partial charge in [-0.3, -0.25) is 19.8 Å². The highest BCUT2D eigenvalue weighted by molar-refractivity contribution is 6.01. The summed E-state index contributed by atoms with van der Waals surface area (Å²) in [6.45, 7) is 4.16. The molecular weight excluding hydrogens is 398 g/mol. The van der Waals surface area contributed by atoms with Crippen molar-refractivity contribution >= 4 is 16.8 Å². The number of benzene rings is 2. The van der Waals surface area contributed by atoms with Gasteiger partial charge in [0.25, 0.3) is 5.91 Å². The summed E-state index contributed by atoms with van der Waals surface area (Å²) in [4.78, 5) is 19.6. The van der Waals surface area contributed by atoms with Crippen LogP contribution in [0, 0.1) is 0 Å². The van der Waals surface area contributed by atoms with Gasteiger partial charge >= 0.3 is 0 Å². The standard InChI is InChI=1S/C26H27N5O/c1-18(19-6-3-2-4-7-19)31-15-5-8-22(17-31)28-26(32)21-9-10-24-23(16-21)25(30-29-24)20-11-13-27-14-12-20/h2-4,6-7,9-14,16,18,22H,5,8,15,17H2,1H3,(H,28,32)(H,29,30)/t18?,22-/m1/s1. The Morgan fingerprint density at radius 2 is 1.94 bits per heavy atom. The molecule has 1 fully saturated rings. The number of nitrogens with one attached hydrogen (secondary N) is 2. The fourth-order valence-electron chi connectivity index (χ4n) is 4.57. The Morgan fingerprint density at radius 1 is 1.12 bits per heavy atom. The van der Waals surface area contributed by atoms with E-state index in [2.05, 4.69) is 56.6 Å². The fourth-order valence-corrected chi connectivity index (χ4v) is 4.57. The Morgan fingerprint density at radius 3 is 2.75 bits per heavy atom. The number of rotatable bonds is 5. The fraction of sp³-hybridized carbons (Fsp3) is 0.269. The summed E-state index contributed by atoms with van der Waals surface area (Å²) < 4.78 is 0. The molecule has 3 heterocycles. The minimum atomic E-state index is -0.0343. The number of hydrogen-bond donors (Lipinski definition) is 2. The third kappa shape index (κ3) is 4.14. The largest absolute Gasteiger partial charge is 0.348 e. The number of carbonyl (C=O) groups excluding carboxylic acids is 1. The van der Waals surface area contributed by atoms with Crippen molar-refractivity contribution in [2.75, 3.05) is 13.1 Å². The molecule has 1 aliphatic heterocycles. The van der Waals surface area contributed by atoms with Crippen molar-refractivity contribution in [2.24, 2.45) is 0 Å². The van der Waals surface area contributed by atoms with Crippen LogP contribution in [0.4, 0.5) is 0 Å². The molecule has 0 radical (unpaired) electrons. The number of fused-ring (bicyclic) bond motifs is 1. The zero-order chi connectivity index (χ0) is 21.9. The highest BCUT2D eigenvalue weighted by Crippen LogP contribution is 2.27. The van der Waals surface area contributed by atoms with Gasteiger partial charge in [0, 0.05) is 47.5 Å². The van der Waals surface area contributed by atoms with Gasteiger partial charge < -0.3 is 5.32 Å². The van der Waals surface area contributed by atoms with E-state index in [0.717, 1.165) is 48.1 Å². The summed E-state index contributed by atoms with van der Waals surface area (Å²) in [5.41, 5.74) is 4.68. The van der Waals surface area contributed by atoms with Gasteiger partial charge in [-0.15, -0.1) is 0 Å². The molecule has 2 atom stereocenters. The van der Waals surface area contributed by atoms with Gasteiger partial charge in [0.2, 0.25) is 0 Å². The maximum absolute atomic E-state index is 13.1. The van der Waals surface area contributed by atoms with Gasteiger partial charge in [-0.1, -0.05) is 30.3 Å². The zero-order valence-corrected chi connectivity index (χ0v) is 18.2. The number of pyridine rings is 1. The second kappa shape index (κ2) is 8.93. The first-order chi connectivity index (χ1) is 15.7. The molecule has 2 N–H and O–H groups in total. The van der Waals surface area contributed by atoms with Crippen molar-refractivity contribution in [1.29, 1.82) is 0 Å². The topological polar surface area (TPSA) is 73.9 Å². The molecule has 1 saturated heterocycles. The molecule has 0 spiro atoms. The van der Waals surface area contributed by atoms with E-state index in [9.17, 15) is 4.79 Å². The van der Waals surface area contributed by atoms with Gasteiger partial charge in [-0.25, -0.2) is 0 Å². The first-order valence-corrected chi connectivity index (χ1v) is 11.2. The lowest BCUT2D eigenvalue weighted by molar-refractivity contribution is 0.0880. The molecule has 2 aromatic heterocycles. The van der Waals surface area contributed by atoms with E-state index in [1.54, 1.807) is 12.4 Å². The van der Waals surface area contributed by atoms with E-state index in [-0.39, 0.29) is 11.9 Å². The predicted octanol–water partition coefficient (Wildman–Crippen LogP) is 4.58. The number of amides is 1. The monoisotopic (exact) mass is 425 g/mol. The minimum absolute atomic E-state index is 0.0343. The third-order valence-electron chi connectivity index (χ3n) is 6.40. The Labute approximate surface area is 187 Å². The number of H-pyrrole nitrogens is 1. The molecule has 5 rings (SSSR count). The molecule has 0 saturated carbocycles. The SMILES string of the molecule is CC(c1ccccc1)N1CCC[C@@H](NC(=O)c2ccc3[nH]nc(-c4ccncc4)c3c2)C1. The van der Waals surface area contributed by atoms with Gasteiger partial charge in [0.05, 0.1) is 5.52 Å². The minimum Gasteiger partial charge on any atom is -0.348 e. The average molecular weight is 426 g/mol. The third-order valence-corrected chi connectivity index (χ3v) is 6.40. The van der Waals surface area contributed by atoms with Crippen LogP contribution >= 0.6 is 0 Å². The average Bonchev–Trinajstić information content (AvgIpc) is 3.28.